The number of hydrogen-bond donors (Lipinski definition) is 0. The van der Waals surface area contributed by atoms with Crippen LogP contribution in [0.5, 0.6) is 0 Å². The van der Waals surface area contributed by atoms with E-state index in [4.69, 9.17) is 0 Å². The monoisotopic (exact) mass is 387 g/mol. The fraction of sp³-hybridized carbons (Fsp3) is 0.286. The Kier molecular flexibility index (Phi) is 4.51. The van der Waals surface area contributed by atoms with Crippen molar-refractivity contribution in [2.24, 2.45) is 0 Å². The van der Waals surface area contributed by atoms with Crippen LogP contribution in [-0.4, -0.2) is 58.6 Å². The van der Waals surface area contributed by atoms with Gasteiger partial charge in [0.25, 0.3) is 5.91 Å². The molecule has 2 aromatic heterocycles. The lowest BCUT2D eigenvalue weighted by atomic mass is 10.2. The number of hydrogen-bond acceptors (Lipinski definition) is 7. The highest BCUT2D eigenvalue weighted by atomic mass is 16.2. The van der Waals surface area contributed by atoms with Crippen LogP contribution in [0.3, 0.4) is 0 Å². The van der Waals surface area contributed by atoms with Crippen LogP contribution in [-0.2, 0) is 6.42 Å². The molecule has 2 aliphatic heterocycles. The maximum Gasteiger partial charge on any atom is 0.278 e. The summed E-state index contributed by atoms with van der Waals surface area (Å²) in [6, 6.07) is 9.83. The smallest absolute Gasteiger partial charge is 0.278 e. The van der Waals surface area contributed by atoms with Crippen LogP contribution in [0.15, 0.2) is 55.1 Å². The molecule has 1 amide bonds. The van der Waals surface area contributed by atoms with Gasteiger partial charge < -0.3 is 14.7 Å². The van der Waals surface area contributed by atoms with E-state index < -0.39 is 0 Å². The lowest BCUT2D eigenvalue weighted by molar-refractivity contribution is 0.0984. The minimum absolute atomic E-state index is 0.0972. The SMILES string of the molecule is O=C(c1cnc(N2CCN(c3ncccn3)CC2)cn1)N1CCc2ccccc21. The Hall–Kier alpha value is -3.55. The van der Waals surface area contributed by atoms with E-state index >= 15 is 0 Å². The Morgan fingerprint density at radius 2 is 1.55 bits per heavy atom. The fourth-order valence-electron chi connectivity index (χ4n) is 3.87. The van der Waals surface area contributed by atoms with Gasteiger partial charge in [0.05, 0.1) is 12.4 Å². The third-order valence-corrected chi connectivity index (χ3v) is 5.43. The van der Waals surface area contributed by atoms with E-state index in [9.17, 15) is 4.79 Å². The third-order valence-electron chi connectivity index (χ3n) is 5.43. The Labute approximate surface area is 168 Å². The zero-order valence-corrected chi connectivity index (χ0v) is 16.0. The summed E-state index contributed by atoms with van der Waals surface area (Å²) in [5.74, 6) is 1.45. The van der Waals surface area contributed by atoms with Crippen LogP contribution in [0, 0.1) is 0 Å². The van der Waals surface area contributed by atoms with E-state index in [0.29, 0.717) is 12.2 Å². The number of carbonyl (C=O) groups is 1. The van der Waals surface area contributed by atoms with Gasteiger partial charge in [-0.3, -0.25) is 4.79 Å². The van der Waals surface area contributed by atoms with Gasteiger partial charge in [0, 0.05) is 50.8 Å². The number of piperazine rings is 1. The minimum Gasteiger partial charge on any atom is -0.352 e. The van der Waals surface area contributed by atoms with Crippen molar-refractivity contribution < 1.29 is 4.79 Å². The van der Waals surface area contributed by atoms with Gasteiger partial charge >= 0.3 is 0 Å². The Balaban J connectivity index is 1.25. The normalized spacial score (nSPS) is 16.1. The van der Waals surface area contributed by atoms with Crippen molar-refractivity contribution >= 4 is 23.4 Å². The summed E-state index contributed by atoms with van der Waals surface area (Å²) in [5.41, 5.74) is 2.55. The van der Waals surface area contributed by atoms with Gasteiger partial charge in [0.15, 0.2) is 0 Å². The molecule has 0 spiro atoms. The first-order valence-electron chi connectivity index (χ1n) is 9.78. The van der Waals surface area contributed by atoms with Crippen LogP contribution in [0.2, 0.25) is 0 Å². The topological polar surface area (TPSA) is 78.4 Å². The molecule has 4 heterocycles. The summed E-state index contributed by atoms with van der Waals surface area (Å²) in [4.78, 5) is 36.6. The summed E-state index contributed by atoms with van der Waals surface area (Å²) in [7, 11) is 0. The van der Waals surface area contributed by atoms with Gasteiger partial charge in [-0.05, 0) is 24.1 Å². The first kappa shape index (κ1) is 17.5. The van der Waals surface area contributed by atoms with E-state index in [2.05, 4.69) is 35.8 Å². The van der Waals surface area contributed by atoms with E-state index in [1.165, 1.54) is 5.56 Å². The number of amides is 1. The van der Waals surface area contributed by atoms with Crippen molar-refractivity contribution in [3.05, 3.63) is 66.4 Å². The Morgan fingerprint density at radius 1 is 0.793 bits per heavy atom. The van der Waals surface area contributed by atoms with Gasteiger partial charge in [0.1, 0.15) is 11.5 Å². The summed E-state index contributed by atoms with van der Waals surface area (Å²) >= 11 is 0. The maximum absolute atomic E-state index is 12.9. The largest absolute Gasteiger partial charge is 0.352 e. The molecule has 0 radical (unpaired) electrons. The molecule has 1 fully saturated rings. The van der Waals surface area contributed by atoms with E-state index in [1.807, 2.05) is 24.3 Å². The Morgan fingerprint density at radius 3 is 2.31 bits per heavy atom. The second-order valence-electron chi connectivity index (χ2n) is 7.12. The molecule has 2 aliphatic rings. The number of anilines is 3. The van der Waals surface area contributed by atoms with Gasteiger partial charge in [-0.2, -0.15) is 0 Å². The van der Waals surface area contributed by atoms with Crippen molar-refractivity contribution in [2.45, 2.75) is 6.42 Å². The average molecular weight is 387 g/mol. The minimum atomic E-state index is -0.0972. The highest BCUT2D eigenvalue weighted by Gasteiger charge is 2.26. The van der Waals surface area contributed by atoms with Gasteiger partial charge in [-0.1, -0.05) is 18.2 Å². The van der Waals surface area contributed by atoms with Crippen LogP contribution >= 0.6 is 0 Å². The lowest BCUT2D eigenvalue weighted by Gasteiger charge is -2.35. The molecule has 1 aromatic carbocycles. The van der Waals surface area contributed by atoms with E-state index in [-0.39, 0.29) is 5.91 Å². The summed E-state index contributed by atoms with van der Waals surface area (Å²) in [5, 5.41) is 0. The van der Waals surface area contributed by atoms with Crippen LogP contribution in [0.1, 0.15) is 16.1 Å². The predicted octanol–water partition coefficient (Wildman–Crippen LogP) is 1.80. The first-order valence-corrected chi connectivity index (χ1v) is 9.78. The highest BCUT2D eigenvalue weighted by Crippen LogP contribution is 2.28. The van der Waals surface area contributed by atoms with E-state index in [1.54, 1.807) is 29.7 Å². The molecule has 3 aromatic rings. The Bertz CT molecular complexity index is 1000. The number of aromatic nitrogens is 4. The molecular formula is C21H21N7O. The van der Waals surface area contributed by atoms with Crippen molar-refractivity contribution in [1.29, 1.82) is 0 Å². The second-order valence-corrected chi connectivity index (χ2v) is 7.12. The van der Waals surface area contributed by atoms with E-state index in [0.717, 1.165) is 50.1 Å². The summed E-state index contributed by atoms with van der Waals surface area (Å²) in [6.07, 6.45) is 7.68. The molecule has 0 saturated carbocycles. The number of nitrogens with zero attached hydrogens (tertiary/aromatic N) is 7. The molecule has 1 saturated heterocycles. The van der Waals surface area contributed by atoms with Crippen molar-refractivity contribution in [1.82, 2.24) is 19.9 Å². The molecule has 29 heavy (non-hydrogen) atoms. The number of para-hydroxylation sites is 1. The maximum atomic E-state index is 12.9. The van der Waals surface area contributed by atoms with Gasteiger partial charge in [-0.15, -0.1) is 0 Å². The van der Waals surface area contributed by atoms with Crippen molar-refractivity contribution in [2.75, 3.05) is 47.4 Å². The quantitative estimate of drug-likeness (QED) is 0.678. The molecule has 0 bridgehead atoms. The molecular weight excluding hydrogens is 366 g/mol. The van der Waals surface area contributed by atoms with Crippen LogP contribution in [0.25, 0.3) is 0 Å². The molecule has 8 nitrogen and oxygen atoms in total. The molecule has 8 heteroatoms. The van der Waals surface area contributed by atoms with Gasteiger partial charge in [-0.25, -0.2) is 19.9 Å². The van der Waals surface area contributed by atoms with Crippen LogP contribution < -0.4 is 14.7 Å². The molecule has 0 unspecified atom stereocenters. The number of rotatable bonds is 3. The second kappa shape index (κ2) is 7.46. The molecule has 0 atom stereocenters. The first-order chi connectivity index (χ1) is 14.3. The number of benzene rings is 1. The molecule has 146 valence electrons. The van der Waals surface area contributed by atoms with Gasteiger partial charge in [0.2, 0.25) is 5.95 Å². The standard InChI is InChI=1S/C21H21N7O/c29-20(28-9-6-16-4-1-2-5-18(16)28)17-14-25-19(15-24-17)26-10-12-27(13-11-26)21-22-7-3-8-23-21/h1-5,7-8,14-15H,6,9-13H2. The lowest BCUT2D eigenvalue weighted by Crippen LogP contribution is -2.47. The highest BCUT2D eigenvalue weighted by molar-refractivity contribution is 6.05. The summed E-state index contributed by atoms with van der Waals surface area (Å²) < 4.78 is 0. The average Bonchev–Trinajstić information content (AvgIpc) is 3.24. The summed E-state index contributed by atoms with van der Waals surface area (Å²) in [6.45, 7) is 3.93. The fourth-order valence-corrected chi connectivity index (χ4v) is 3.87. The van der Waals surface area contributed by atoms with Crippen molar-refractivity contribution in [3.63, 3.8) is 0 Å². The third kappa shape index (κ3) is 3.37. The van der Waals surface area contributed by atoms with Crippen molar-refractivity contribution in [3.8, 4) is 0 Å². The molecule has 0 aliphatic carbocycles. The number of carbonyl (C=O) groups excluding carboxylic acids is 1. The van der Waals surface area contributed by atoms with Crippen LogP contribution in [0.4, 0.5) is 17.5 Å². The number of fused-ring (bicyclic) bond motifs is 1. The predicted molar refractivity (Wildman–Crippen MR) is 110 cm³/mol. The zero-order valence-electron chi connectivity index (χ0n) is 16.0. The molecule has 0 N–H and O–H groups in total. The zero-order chi connectivity index (χ0) is 19.6. The molecule has 5 rings (SSSR count).